The standard InChI is InChI=1S/C23H28N2O6/c1-16(26)20(25-23(29)31-15-18-11-7-4-8-12-18)21(27)24-19(22(28)30-2)14-13-17-9-5-3-6-10-17/h3-12,16,19-20,26H,13-15H2,1-2H3,(H,24,27)(H,25,29)/t16-,19-,20+/m1/s1. The molecule has 0 heterocycles. The van der Waals surface area contributed by atoms with Crippen LogP contribution in [0.2, 0.25) is 0 Å². The zero-order chi connectivity index (χ0) is 22.6. The molecule has 8 nitrogen and oxygen atoms in total. The Morgan fingerprint density at radius 1 is 0.935 bits per heavy atom. The minimum absolute atomic E-state index is 0.0166. The van der Waals surface area contributed by atoms with Crippen LogP contribution < -0.4 is 10.6 Å². The van der Waals surface area contributed by atoms with Crippen molar-refractivity contribution in [3.05, 3.63) is 71.8 Å². The summed E-state index contributed by atoms with van der Waals surface area (Å²) < 4.78 is 9.89. The van der Waals surface area contributed by atoms with Crippen molar-refractivity contribution in [1.82, 2.24) is 10.6 Å². The van der Waals surface area contributed by atoms with Crippen molar-refractivity contribution in [2.45, 2.75) is 44.6 Å². The second-order valence-corrected chi connectivity index (χ2v) is 7.03. The lowest BCUT2D eigenvalue weighted by atomic mass is 10.0. The predicted molar refractivity (Wildman–Crippen MR) is 114 cm³/mol. The average Bonchev–Trinajstić information content (AvgIpc) is 2.79. The van der Waals surface area contributed by atoms with Crippen LogP contribution >= 0.6 is 0 Å². The highest BCUT2D eigenvalue weighted by molar-refractivity contribution is 5.90. The number of carbonyl (C=O) groups excluding carboxylic acids is 3. The molecule has 0 spiro atoms. The highest BCUT2D eigenvalue weighted by Crippen LogP contribution is 2.08. The number of nitrogens with one attached hydrogen (secondary N) is 2. The van der Waals surface area contributed by atoms with Crippen LogP contribution in [0.15, 0.2) is 60.7 Å². The quantitative estimate of drug-likeness (QED) is 0.499. The summed E-state index contributed by atoms with van der Waals surface area (Å²) >= 11 is 0. The van der Waals surface area contributed by atoms with Crippen LogP contribution in [-0.4, -0.2) is 48.4 Å². The molecule has 0 aliphatic heterocycles. The Hall–Kier alpha value is -3.39. The molecule has 3 atom stereocenters. The topological polar surface area (TPSA) is 114 Å². The smallest absolute Gasteiger partial charge is 0.408 e. The maximum absolute atomic E-state index is 12.7. The molecule has 0 aliphatic carbocycles. The van der Waals surface area contributed by atoms with Gasteiger partial charge in [-0.25, -0.2) is 9.59 Å². The third-order valence-corrected chi connectivity index (χ3v) is 4.62. The molecule has 2 amide bonds. The van der Waals surface area contributed by atoms with Crippen LogP contribution in [0.4, 0.5) is 4.79 Å². The number of amides is 2. The number of aliphatic hydroxyl groups excluding tert-OH is 1. The van der Waals surface area contributed by atoms with Crippen LogP contribution in [0.25, 0.3) is 0 Å². The summed E-state index contributed by atoms with van der Waals surface area (Å²) in [5.74, 6) is -1.32. The zero-order valence-electron chi connectivity index (χ0n) is 17.6. The summed E-state index contributed by atoms with van der Waals surface area (Å²) in [6, 6.07) is 16.3. The third-order valence-electron chi connectivity index (χ3n) is 4.62. The molecule has 31 heavy (non-hydrogen) atoms. The first-order valence-electron chi connectivity index (χ1n) is 9.98. The van der Waals surface area contributed by atoms with Gasteiger partial charge in [0.15, 0.2) is 0 Å². The van der Waals surface area contributed by atoms with Gasteiger partial charge in [0, 0.05) is 0 Å². The van der Waals surface area contributed by atoms with Gasteiger partial charge in [0.25, 0.3) is 0 Å². The van der Waals surface area contributed by atoms with Gasteiger partial charge in [0.1, 0.15) is 18.7 Å². The summed E-state index contributed by atoms with van der Waals surface area (Å²) in [6.45, 7) is 1.38. The van der Waals surface area contributed by atoms with E-state index in [-0.39, 0.29) is 6.61 Å². The molecule has 0 saturated heterocycles. The molecule has 8 heteroatoms. The second-order valence-electron chi connectivity index (χ2n) is 7.03. The van der Waals surface area contributed by atoms with Crippen molar-refractivity contribution in [2.75, 3.05) is 7.11 Å². The second kappa shape index (κ2) is 12.3. The van der Waals surface area contributed by atoms with Gasteiger partial charge in [0.05, 0.1) is 13.2 Å². The van der Waals surface area contributed by atoms with E-state index in [4.69, 9.17) is 9.47 Å². The summed E-state index contributed by atoms with van der Waals surface area (Å²) in [4.78, 5) is 36.9. The Morgan fingerprint density at radius 3 is 2.06 bits per heavy atom. The number of esters is 1. The van der Waals surface area contributed by atoms with Crippen LogP contribution in [0.3, 0.4) is 0 Å². The molecule has 2 aromatic rings. The van der Waals surface area contributed by atoms with Gasteiger partial charge >= 0.3 is 12.1 Å². The fourth-order valence-corrected chi connectivity index (χ4v) is 2.91. The van der Waals surface area contributed by atoms with E-state index in [2.05, 4.69) is 10.6 Å². The van der Waals surface area contributed by atoms with Gasteiger partial charge in [-0.2, -0.15) is 0 Å². The van der Waals surface area contributed by atoms with Gasteiger partial charge in [-0.15, -0.1) is 0 Å². The molecule has 0 aliphatic rings. The predicted octanol–water partition coefficient (Wildman–Crippen LogP) is 1.95. The number of alkyl carbamates (subject to hydrolysis) is 1. The van der Waals surface area contributed by atoms with E-state index in [1.807, 2.05) is 48.5 Å². The van der Waals surface area contributed by atoms with Crippen molar-refractivity contribution in [3.63, 3.8) is 0 Å². The fraction of sp³-hybridized carbons (Fsp3) is 0.348. The first-order valence-corrected chi connectivity index (χ1v) is 9.98. The third kappa shape index (κ3) is 8.10. The lowest BCUT2D eigenvalue weighted by Crippen LogP contribution is -2.56. The molecule has 2 aromatic carbocycles. The average molecular weight is 428 g/mol. The number of rotatable bonds is 10. The van der Waals surface area contributed by atoms with Crippen molar-refractivity contribution >= 4 is 18.0 Å². The van der Waals surface area contributed by atoms with E-state index in [0.29, 0.717) is 12.8 Å². The van der Waals surface area contributed by atoms with Gasteiger partial charge in [-0.3, -0.25) is 4.79 Å². The van der Waals surface area contributed by atoms with Gasteiger partial charge in [0.2, 0.25) is 5.91 Å². The Kier molecular flexibility index (Phi) is 9.51. The van der Waals surface area contributed by atoms with E-state index in [1.165, 1.54) is 14.0 Å². The van der Waals surface area contributed by atoms with Crippen LogP contribution in [0.1, 0.15) is 24.5 Å². The van der Waals surface area contributed by atoms with Crippen LogP contribution in [0, 0.1) is 0 Å². The molecule has 166 valence electrons. The Bertz CT molecular complexity index is 842. The van der Waals surface area contributed by atoms with Crippen molar-refractivity contribution < 1.29 is 29.0 Å². The fourth-order valence-electron chi connectivity index (χ4n) is 2.91. The SMILES string of the molecule is COC(=O)[C@@H](CCc1ccccc1)NC(=O)[C@@H](NC(=O)OCc1ccccc1)[C@@H](C)O. The molecule has 0 radical (unpaired) electrons. The minimum atomic E-state index is -1.30. The molecule has 0 fully saturated rings. The zero-order valence-corrected chi connectivity index (χ0v) is 17.6. The first-order chi connectivity index (χ1) is 14.9. The number of ether oxygens (including phenoxy) is 2. The van der Waals surface area contributed by atoms with Crippen molar-refractivity contribution in [1.29, 1.82) is 0 Å². The molecule has 0 bridgehead atoms. The number of methoxy groups -OCH3 is 1. The van der Waals surface area contributed by atoms with Crippen LogP contribution in [-0.2, 0) is 32.1 Å². The van der Waals surface area contributed by atoms with Crippen molar-refractivity contribution in [2.24, 2.45) is 0 Å². The molecule has 2 rings (SSSR count). The number of hydrogen-bond donors (Lipinski definition) is 3. The lowest BCUT2D eigenvalue weighted by molar-refractivity contribution is -0.145. The van der Waals surface area contributed by atoms with Crippen LogP contribution in [0.5, 0.6) is 0 Å². The van der Waals surface area contributed by atoms with E-state index in [0.717, 1.165) is 11.1 Å². The number of hydrogen-bond acceptors (Lipinski definition) is 6. The van der Waals surface area contributed by atoms with E-state index in [9.17, 15) is 19.5 Å². The summed E-state index contributed by atoms with van der Waals surface area (Å²) in [5, 5.41) is 14.9. The van der Waals surface area contributed by atoms with Crippen molar-refractivity contribution in [3.8, 4) is 0 Å². The highest BCUT2D eigenvalue weighted by atomic mass is 16.5. The number of carbonyl (C=O) groups is 3. The van der Waals surface area contributed by atoms with Gasteiger partial charge < -0.3 is 25.2 Å². The number of aliphatic hydroxyl groups is 1. The Morgan fingerprint density at radius 2 is 1.52 bits per heavy atom. The number of benzene rings is 2. The van der Waals surface area contributed by atoms with E-state index in [1.54, 1.807) is 12.1 Å². The van der Waals surface area contributed by atoms with Gasteiger partial charge in [-0.1, -0.05) is 60.7 Å². The maximum Gasteiger partial charge on any atom is 0.408 e. The Labute approximate surface area is 181 Å². The molecular weight excluding hydrogens is 400 g/mol. The first kappa shape index (κ1) is 23.9. The molecule has 3 N–H and O–H groups in total. The number of aryl methyl sites for hydroxylation is 1. The normalized spacial score (nSPS) is 13.4. The summed E-state index contributed by atoms with van der Waals surface area (Å²) in [6.07, 6.45) is -1.24. The highest BCUT2D eigenvalue weighted by Gasteiger charge is 2.30. The Balaban J connectivity index is 1.95. The maximum atomic E-state index is 12.7. The molecule has 0 aromatic heterocycles. The summed E-state index contributed by atoms with van der Waals surface area (Å²) in [7, 11) is 1.23. The minimum Gasteiger partial charge on any atom is -0.467 e. The largest absolute Gasteiger partial charge is 0.467 e. The molecule has 0 saturated carbocycles. The van der Waals surface area contributed by atoms with E-state index >= 15 is 0 Å². The monoisotopic (exact) mass is 428 g/mol. The molecule has 0 unspecified atom stereocenters. The van der Waals surface area contributed by atoms with Gasteiger partial charge in [-0.05, 0) is 30.9 Å². The van der Waals surface area contributed by atoms with E-state index < -0.39 is 36.2 Å². The molecular formula is C23H28N2O6. The lowest BCUT2D eigenvalue weighted by Gasteiger charge is -2.23. The summed E-state index contributed by atoms with van der Waals surface area (Å²) in [5.41, 5.74) is 1.78.